The Morgan fingerprint density at radius 3 is 2.45 bits per heavy atom. The summed E-state index contributed by atoms with van der Waals surface area (Å²) in [6.45, 7) is 6.01. The first-order valence-electron chi connectivity index (χ1n) is 9.01. The van der Waals surface area contributed by atoms with Gasteiger partial charge in [0.2, 0.25) is 6.61 Å². The number of carbonyl (C=O) groups is 1. The van der Waals surface area contributed by atoms with Gasteiger partial charge in [-0.3, -0.25) is 0 Å². The van der Waals surface area contributed by atoms with Crippen LogP contribution in [0.1, 0.15) is 37.8 Å². The van der Waals surface area contributed by atoms with Gasteiger partial charge in [0.1, 0.15) is 11.5 Å². The van der Waals surface area contributed by atoms with Crippen LogP contribution in [0.5, 0.6) is 17.2 Å². The van der Waals surface area contributed by atoms with Crippen molar-refractivity contribution >= 4 is 44.0 Å². The highest BCUT2D eigenvalue weighted by molar-refractivity contribution is 9.11. The maximum Gasteiger partial charge on any atom is 0.347 e. The van der Waals surface area contributed by atoms with Crippen molar-refractivity contribution in [1.29, 1.82) is 0 Å². The largest absolute Gasteiger partial charge is 0.496 e. The van der Waals surface area contributed by atoms with Crippen LogP contribution in [-0.4, -0.2) is 32.5 Å². The fourth-order valence-electron chi connectivity index (χ4n) is 2.49. The number of oxime groups is 1. The van der Waals surface area contributed by atoms with Gasteiger partial charge in [0.15, 0.2) is 5.75 Å². The summed E-state index contributed by atoms with van der Waals surface area (Å²) in [6.07, 6.45) is 1.50. The summed E-state index contributed by atoms with van der Waals surface area (Å²) >= 11 is 7.06. The number of nitrogens with zero attached hydrogens (tertiary/aromatic N) is 1. The van der Waals surface area contributed by atoms with Gasteiger partial charge in [-0.05, 0) is 80.6 Å². The van der Waals surface area contributed by atoms with Crippen LogP contribution in [0.15, 0.2) is 44.4 Å². The Morgan fingerprint density at radius 2 is 1.86 bits per heavy atom. The summed E-state index contributed by atoms with van der Waals surface area (Å²) in [6, 6.07) is 9.41. The zero-order chi connectivity index (χ0) is 21.4. The Morgan fingerprint density at radius 1 is 1.17 bits per heavy atom. The molecule has 0 N–H and O–H groups in total. The average molecular weight is 529 g/mol. The summed E-state index contributed by atoms with van der Waals surface area (Å²) in [5, 5.41) is 3.79. The second-order valence-corrected chi connectivity index (χ2v) is 8.00. The van der Waals surface area contributed by atoms with Crippen molar-refractivity contribution in [3.63, 3.8) is 0 Å². The maximum atomic E-state index is 11.2. The minimum Gasteiger partial charge on any atom is -0.496 e. The molecule has 0 bridgehead atoms. The van der Waals surface area contributed by atoms with Gasteiger partial charge in [-0.25, -0.2) is 4.79 Å². The van der Waals surface area contributed by atoms with Crippen LogP contribution < -0.4 is 9.47 Å². The van der Waals surface area contributed by atoms with Crippen molar-refractivity contribution in [2.24, 2.45) is 5.16 Å². The lowest BCUT2D eigenvalue weighted by molar-refractivity contribution is -0.148. The minimum absolute atomic E-state index is 0.233. The first kappa shape index (κ1) is 23.2. The van der Waals surface area contributed by atoms with Crippen LogP contribution in [0, 0.1) is 0 Å². The van der Waals surface area contributed by atoms with E-state index in [4.69, 9.17) is 19.0 Å². The maximum absolute atomic E-state index is 11.2. The summed E-state index contributed by atoms with van der Waals surface area (Å²) in [7, 11) is 1.66. The van der Waals surface area contributed by atoms with E-state index in [0.717, 1.165) is 25.8 Å². The molecule has 0 saturated heterocycles. The lowest BCUT2D eigenvalue weighted by Crippen LogP contribution is -2.10. The van der Waals surface area contributed by atoms with E-state index in [1.165, 1.54) is 6.21 Å². The van der Waals surface area contributed by atoms with Gasteiger partial charge in [0.25, 0.3) is 0 Å². The summed E-state index contributed by atoms with van der Waals surface area (Å²) in [5.74, 6) is 2.01. The third kappa shape index (κ3) is 6.75. The monoisotopic (exact) mass is 527 g/mol. The second kappa shape index (κ2) is 11.2. The van der Waals surface area contributed by atoms with Crippen LogP contribution in [0.4, 0.5) is 0 Å². The molecule has 29 heavy (non-hydrogen) atoms. The summed E-state index contributed by atoms with van der Waals surface area (Å²) in [5.41, 5.74) is 1.83. The molecule has 0 atom stereocenters. The van der Waals surface area contributed by atoms with Crippen LogP contribution in [-0.2, 0) is 14.4 Å². The first-order chi connectivity index (χ1) is 13.8. The number of esters is 1. The molecule has 2 aromatic rings. The number of carbonyl (C=O) groups excluding carboxylic acids is 1. The van der Waals surface area contributed by atoms with Gasteiger partial charge in [0, 0.05) is 5.56 Å². The molecule has 6 nitrogen and oxygen atoms in total. The Kier molecular flexibility index (Phi) is 8.98. The highest BCUT2D eigenvalue weighted by atomic mass is 79.9. The predicted molar refractivity (Wildman–Crippen MR) is 119 cm³/mol. The van der Waals surface area contributed by atoms with Crippen LogP contribution in [0.2, 0.25) is 0 Å². The van der Waals surface area contributed by atoms with Gasteiger partial charge in [-0.15, -0.1) is 0 Å². The predicted octanol–water partition coefficient (Wildman–Crippen LogP) is 6.05. The molecule has 0 radical (unpaired) electrons. The van der Waals surface area contributed by atoms with Crippen molar-refractivity contribution in [3.8, 4) is 17.2 Å². The molecule has 0 saturated carbocycles. The molecule has 0 unspecified atom stereocenters. The first-order valence-corrected chi connectivity index (χ1v) is 10.6. The van der Waals surface area contributed by atoms with E-state index in [1.54, 1.807) is 14.0 Å². The molecule has 0 heterocycles. The number of benzene rings is 2. The normalized spacial score (nSPS) is 11.0. The fourth-order valence-corrected chi connectivity index (χ4v) is 3.87. The number of ether oxygens (including phenoxy) is 3. The summed E-state index contributed by atoms with van der Waals surface area (Å²) in [4.78, 5) is 16.2. The highest BCUT2D eigenvalue weighted by Crippen LogP contribution is 2.39. The lowest BCUT2D eigenvalue weighted by Gasteiger charge is -2.15. The van der Waals surface area contributed by atoms with Crippen molar-refractivity contribution in [1.82, 2.24) is 0 Å². The van der Waals surface area contributed by atoms with E-state index in [9.17, 15) is 4.79 Å². The number of methoxy groups -OCH3 is 1. The Labute approximate surface area is 187 Å². The van der Waals surface area contributed by atoms with Crippen LogP contribution in [0.25, 0.3) is 0 Å². The smallest absolute Gasteiger partial charge is 0.347 e. The van der Waals surface area contributed by atoms with E-state index in [0.29, 0.717) is 24.0 Å². The molecular formula is C21H23Br2NO5. The third-order valence-corrected chi connectivity index (χ3v) is 5.01. The quantitative estimate of drug-likeness (QED) is 0.225. The lowest BCUT2D eigenvalue weighted by atomic mass is 10.0. The average Bonchev–Trinajstić information content (AvgIpc) is 2.68. The third-order valence-electron chi connectivity index (χ3n) is 3.83. The zero-order valence-corrected chi connectivity index (χ0v) is 19.9. The standard InChI is InChI=1S/C21H23Br2NO5/c1-5-27-20(25)12-28-24-11-14-8-17(22)21(18(23)9-14)29-15-6-7-19(26-4)16(10-15)13(2)3/h6-11,13H,5,12H2,1-4H3/b24-11+. The molecule has 0 amide bonds. The van der Waals surface area contributed by atoms with Gasteiger partial charge < -0.3 is 19.0 Å². The van der Waals surface area contributed by atoms with E-state index in [2.05, 4.69) is 50.9 Å². The number of hydrogen-bond donors (Lipinski definition) is 0. The molecule has 0 spiro atoms. The van der Waals surface area contributed by atoms with Crippen molar-refractivity contribution in [2.75, 3.05) is 20.3 Å². The van der Waals surface area contributed by atoms with E-state index in [1.807, 2.05) is 30.3 Å². The zero-order valence-electron chi connectivity index (χ0n) is 16.7. The van der Waals surface area contributed by atoms with Crippen molar-refractivity contribution in [3.05, 3.63) is 50.4 Å². The Balaban J connectivity index is 2.13. The molecule has 0 aliphatic rings. The van der Waals surface area contributed by atoms with Gasteiger partial charge >= 0.3 is 5.97 Å². The summed E-state index contributed by atoms with van der Waals surface area (Å²) < 4.78 is 17.7. The topological polar surface area (TPSA) is 66.4 Å². The minimum atomic E-state index is -0.462. The molecule has 0 aliphatic carbocycles. The van der Waals surface area contributed by atoms with Gasteiger partial charge in [-0.1, -0.05) is 19.0 Å². The SMILES string of the molecule is CCOC(=O)CO/N=C/c1cc(Br)c(Oc2ccc(OC)c(C(C)C)c2)c(Br)c1. The van der Waals surface area contributed by atoms with Crippen LogP contribution in [0.3, 0.4) is 0 Å². The number of halogens is 2. The molecule has 156 valence electrons. The van der Waals surface area contributed by atoms with Gasteiger partial charge in [-0.2, -0.15) is 0 Å². The molecule has 0 aliphatic heterocycles. The molecular weight excluding hydrogens is 506 g/mol. The molecule has 0 aromatic heterocycles. The fraction of sp³-hybridized carbons (Fsp3) is 0.333. The molecule has 8 heteroatoms. The van der Waals surface area contributed by atoms with Crippen LogP contribution >= 0.6 is 31.9 Å². The van der Waals surface area contributed by atoms with Crippen molar-refractivity contribution in [2.45, 2.75) is 26.7 Å². The molecule has 0 fully saturated rings. The molecule has 2 rings (SSSR count). The Hall–Kier alpha value is -2.06. The van der Waals surface area contributed by atoms with Gasteiger partial charge in [0.05, 0.1) is 28.9 Å². The van der Waals surface area contributed by atoms with E-state index < -0.39 is 5.97 Å². The van der Waals surface area contributed by atoms with E-state index >= 15 is 0 Å². The highest BCUT2D eigenvalue weighted by Gasteiger charge is 2.13. The number of rotatable bonds is 9. The Bertz CT molecular complexity index is 860. The van der Waals surface area contributed by atoms with E-state index in [-0.39, 0.29) is 6.61 Å². The van der Waals surface area contributed by atoms with Crippen molar-refractivity contribution < 1.29 is 23.8 Å². The molecule has 2 aromatic carbocycles. The second-order valence-electron chi connectivity index (χ2n) is 6.29. The number of hydrogen-bond acceptors (Lipinski definition) is 6.